The predicted octanol–water partition coefficient (Wildman–Crippen LogP) is 3.45. The molecule has 0 aliphatic rings. The maximum atomic E-state index is 13.9. The molecule has 19 heavy (non-hydrogen) atoms. The summed E-state index contributed by atoms with van der Waals surface area (Å²) in [5.74, 6) is 0.506. The quantitative estimate of drug-likeness (QED) is 0.775. The van der Waals surface area contributed by atoms with Gasteiger partial charge in [-0.15, -0.1) is 0 Å². The smallest absolute Gasteiger partial charge is 0.128 e. The Balaban J connectivity index is 2.74. The maximum absolute atomic E-state index is 13.9. The average molecular weight is 266 g/mol. The van der Waals surface area contributed by atoms with E-state index in [1.807, 2.05) is 12.1 Å². The standard InChI is InChI=1S/C16H27FN2/c1-5-10-18-16(12-19(4)11-13(2)3)14-8-6-7-9-15(14)17/h6-9,13,16,18H,5,10-12H2,1-4H3. The van der Waals surface area contributed by atoms with E-state index in [0.717, 1.165) is 31.6 Å². The lowest BCUT2D eigenvalue weighted by molar-refractivity contribution is 0.260. The zero-order chi connectivity index (χ0) is 14.3. The van der Waals surface area contributed by atoms with Crippen molar-refractivity contribution in [2.75, 3.05) is 26.7 Å². The summed E-state index contributed by atoms with van der Waals surface area (Å²) in [6.07, 6.45) is 1.05. The van der Waals surface area contributed by atoms with E-state index in [1.54, 1.807) is 12.1 Å². The Morgan fingerprint density at radius 1 is 1.21 bits per heavy atom. The SMILES string of the molecule is CCCNC(CN(C)CC(C)C)c1ccccc1F. The minimum absolute atomic E-state index is 0.0601. The largest absolute Gasteiger partial charge is 0.309 e. The highest BCUT2D eigenvalue weighted by Gasteiger charge is 2.17. The van der Waals surface area contributed by atoms with Crippen LogP contribution < -0.4 is 5.32 Å². The van der Waals surface area contributed by atoms with E-state index in [4.69, 9.17) is 0 Å². The fourth-order valence-electron chi connectivity index (χ4n) is 2.36. The van der Waals surface area contributed by atoms with Crippen molar-refractivity contribution in [3.05, 3.63) is 35.6 Å². The third-order valence-corrected chi connectivity index (χ3v) is 3.09. The van der Waals surface area contributed by atoms with E-state index in [2.05, 4.69) is 38.0 Å². The molecular weight excluding hydrogens is 239 g/mol. The van der Waals surface area contributed by atoms with E-state index >= 15 is 0 Å². The number of hydrogen-bond acceptors (Lipinski definition) is 2. The molecule has 0 saturated carbocycles. The van der Waals surface area contributed by atoms with Crippen molar-refractivity contribution in [1.29, 1.82) is 0 Å². The summed E-state index contributed by atoms with van der Waals surface area (Å²) < 4.78 is 13.9. The topological polar surface area (TPSA) is 15.3 Å². The molecule has 0 aromatic heterocycles. The molecule has 0 amide bonds. The van der Waals surface area contributed by atoms with Crippen molar-refractivity contribution in [3.8, 4) is 0 Å². The van der Waals surface area contributed by atoms with Gasteiger partial charge in [-0.3, -0.25) is 0 Å². The van der Waals surface area contributed by atoms with E-state index in [1.165, 1.54) is 0 Å². The van der Waals surface area contributed by atoms with E-state index in [-0.39, 0.29) is 11.9 Å². The molecular formula is C16H27FN2. The second-order valence-corrected chi connectivity index (χ2v) is 5.64. The van der Waals surface area contributed by atoms with Gasteiger partial charge >= 0.3 is 0 Å². The number of benzene rings is 1. The third kappa shape index (κ3) is 5.70. The fraction of sp³-hybridized carbons (Fsp3) is 0.625. The van der Waals surface area contributed by atoms with Crippen LogP contribution >= 0.6 is 0 Å². The molecule has 0 fully saturated rings. The highest BCUT2D eigenvalue weighted by molar-refractivity contribution is 5.21. The van der Waals surface area contributed by atoms with Crippen LogP contribution in [0.25, 0.3) is 0 Å². The van der Waals surface area contributed by atoms with E-state index in [9.17, 15) is 4.39 Å². The summed E-state index contributed by atoms with van der Waals surface area (Å²) in [5, 5.41) is 3.45. The Bertz CT molecular complexity index is 366. The summed E-state index contributed by atoms with van der Waals surface area (Å²) in [7, 11) is 2.10. The lowest BCUT2D eigenvalue weighted by Crippen LogP contribution is -2.35. The van der Waals surface area contributed by atoms with Gasteiger partial charge in [-0.2, -0.15) is 0 Å². The van der Waals surface area contributed by atoms with Crippen LogP contribution in [0.5, 0.6) is 0 Å². The minimum atomic E-state index is -0.117. The number of nitrogens with zero attached hydrogens (tertiary/aromatic N) is 1. The monoisotopic (exact) mass is 266 g/mol. The summed E-state index contributed by atoms with van der Waals surface area (Å²) >= 11 is 0. The first-order valence-corrected chi connectivity index (χ1v) is 7.21. The van der Waals surface area contributed by atoms with Gasteiger partial charge in [0.15, 0.2) is 0 Å². The van der Waals surface area contributed by atoms with Gasteiger partial charge in [-0.25, -0.2) is 4.39 Å². The molecule has 0 bridgehead atoms. The predicted molar refractivity (Wildman–Crippen MR) is 79.8 cm³/mol. The Morgan fingerprint density at radius 2 is 1.89 bits per heavy atom. The first-order valence-electron chi connectivity index (χ1n) is 7.21. The molecule has 0 aliphatic heterocycles. The van der Waals surface area contributed by atoms with Crippen molar-refractivity contribution in [1.82, 2.24) is 10.2 Å². The first-order chi connectivity index (χ1) is 9.04. The van der Waals surface area contributed by atoms with Crippen molar-refractivity contribution >= 4 is 0 Å². The first kappa shape index (κ1) is 16.1. The normalized spacial score (nSPS) is 13.2. The Hall–Kier alpha value is -0.930. The van der Waals surface area contributed by atoms with Gasteiger partial charge in [0.2, 0.25) is 0 Å². The van der Waals surface area contributed by atoms with Crippen molar-refractivity contribution in [2.24, 2.45) is 5.92 Å². The summed E-state index contributed by atoms with van der Waals surface area (Å²) in [5.41, 5.74) is 0.770. The molecule has 0 heterocycles. The molecule has 1 rings (SSSR count). The average Bonchev–Trinajstić information content (AvgIpc) is 2.34. The minimum Gasteiger partial charge on any atom is -0.309 e. The van der Waals surface area contributed by atoms with Gasteiger partial charge in [0, 0.05) is 24.7 Å². The van der Waals surface area contributed by atoms with Crippen molar-refractivity contribution in [2.45, 2.75) is 33.2 Å². The zero-order valence-corrected chi connectivity index (χ0v) is 12.6. The van der Waals surface area contributed by atoms with Crippen molar-refractivity contribution < 1.29 is 4.39 Å². The van der Waals surface area contributed by atoms with Crippen LogP contribution in [0, 0.1) is 11.7 Å². The second kappa shape index (κ2) is 8.28. The van der Waals surface area contributed by atoms with Crippen LogP contribution in [-0.2, 0) is 0 Å². The van der Waals surface area contributed by atoms with Gasteiger partial charge in [0.25, 0.3) is 0 Å². The van der Waals surface area contributed by atoms with Crippen LogP contribution in [0.4, 0.5) is 4.39 Å². The Morgan fingerprint density at radius 3 is 2.47 bits per heavy atom. The van der Waals surface area contributed by atoms with E-state index < -0.39 is 0 Å². The molecule has 0 aliphatic carbocycles. The molecule has 1 N–H and O–H groups in total. The molecule has 1 atom stereocenters. The fourth-order valence-corrected chi connectivity index (χ4v) is 2.36. The summed E-state index contributed by atoms with van der Waals surface area (Å²) in [6, 6.07) is 7.13. The van der Waals surface area contributed by atoms with Gasteiger partial charge in [0.1, 0.15) is 5.82 Å². The zero-order valence-electron chi connectivity index (χ0n) is 12.6. The molecule has 108 valence electrons. The van der Waals surface area contributed by atoms with Gasteiger partial charge in [-0.1, -0.05) is 39.0 Å². The molecule has 0 spiro atoms. The second-order valence-electron chi connectivity index (χ2n) is 5.64. The molecule has 1 unspecified atom stereocenters. The molecule has 3 heteroatoms. The van der Waals surface area contributed by atoms with E-state index in [0.29, 0.717) is 5.92 Å². The number of halogens is 1. The van der Waals surface area contributed by atoms with Crippen LogP contribution in [0.2, 0.25) is 0 Å². The van der Waals surface area contributed by atoms with Gasteiger partial charge in [0.05, 0.1) is 0 Å². The number of hydrogen-bond donors (Lipinski definition) is 1. The number of likely N-dealkylation sites (N-methyl/N-ethyl adjacent to an activating group) is 1. The molecule has 2 nitrogen and oxygen atoms in total. The van der Waals surface area contributed by atoms with Crippen LogP contribution in [0.1, 0.15) is 38.8 Å². The summed E-state index contributed by atoms with van der Waals surface area (Å²) in [6.45, 7) is 9.30. The maximum Gasteiger partial charge on any atom is 0.128 e. The summed E-state index contributed by atoms with van der Waals surface area (Å²) in [4.78, 5) is 2.27. The lowest BCUT2D eigenvalue weighted by atomic mass is 10.0. The highest BCUT2D eigenvalue weighted by atomic mass is 19.1. The Kier molecular flexibility index (Phi) is 7.03. The number of nitrogens with one attached hydrogen (secondary N) is 1. The lowest BCUT2D eigenvalue weighted by Gasteiger charge is -2.26. The third-order valence-electron chi connectivity index (χ3n) is 3.09. The van der Waals surface area contributed by atoms with Crippen LogP contribution in [0.15, 0.2) is 24.3 Å². The molecule has 0 radical (unpaired) electrons. The molecule has 0 saturated heterocycles. The highest BCUT2D eigenvalue weighted by Crippen LogP contribution is 2.18. The van der Waals surface area contributed by atoms with Crippen LogP contribution in [-0.4, -0.2) is 31.6 Å². The van der Waals surface area contributed by atoms with Crippen LogP contribution in [0.3, 0.4) is 0 Å². The molecule has 1 aromatic carbocycles. The van der Waals surface area contributed by atoms with Crippen molar-refractivity contribution in [3.63, 3.8) is 0 Å². The number of rotatable bonds is 8. The van der Waals surface area contributed by atoms with Gasteiger partial charge in [-0.05, 0) is 32.0 Å². The molecule has 1 aromatic rings. The Labute approximate surface area is 117 Å². The van der Waals surface area contributed by atoms with Gasteiger partial charge < -0.3 is 10.2 Å².